The van der Waals surface area contributed by atoms with Crippen molar-refractivity contribution in [1.29, 1.82) is 0 Å². The van der Waals surface area contributed by atoms with Crippen LogP contribution in [0, 0.1) is 0 Å². The van der Waals surface area contributed by atoms with Gasteiger partial charge in [0, 0.05) is 18.0 Å². The second-order valence-corrected chi connectivity index (χ2v) is 6.22. The van der Waals surface area contributed by atoms with Crippen molar-refractivity contribution >= 4 is 28.9 Å². The van der Waals surface area contributed by atoms with Crippen molar-refractivity contribution in [2.45, 2.75) is 32.6 Å². The van der Waals surface area contributed by atoms with Crippen LogP contribution >= 0.6 is 11.6 Å². The molecule has 25 heavy (non-hydrogen) atoms. The minimum Gasteiger partial charge on any atom is -0.493 e. The Labute approximate surface area is 153 Å². The highest BCUT2D eigenvalue weighted by atomic mass is 35.5. The average Bonchev–Trinajstić information content (AvgIpc) is 2.90. The Morgan fingerprint density at radius 1 is 1.12 bits per heavy atom. The third-order valence-corrected chi connectivity index (χ3v) is 4.49. The molecule has 1 aliphatic rings. The van der Waals surface area contributed by atoms with Gasteiger partial charge in [-0.25, -0.2) is 0 Å². The van der Waals surface area contributed by atoms with Gasteiger partial charge in [0.25, 0.3) is 5.91 Å². The Morgan fingerprint density at radius 3 is 2.32 bits per heavy atom. The number of amides is 1. The van der Waals surface area contributed by atoms with Gasteiger partial charge < -0.3 is 14.8 Å². The maximum absolute atomic E-state index is 12.9. The van der Waals surface area contributed by atoms with Gasteiger partial charge in [-0.1, -0.05) is 13.3 Å². The molecule has 0 bridgehead atoms. The molecule has 0 aliphatic heterocycles. The van der Waals surface area contributed by atoms with E-state index in [9.17, 15) is 9.59 Å². The number of nitrogens with one attached hydrogen (secondary N) is 1. The minimum atomic E-state index is -0.322. The van der Waals surface area contributed by atoms with Crippen LogP contribution in [-0.2, 0) is 4.79 Å². The zero-order valence-corrected chi connectivity index (χ0v) is 15.7. The van der Waals surface area contributed by atoms with Crippen molar-refractivity contribution in [3.63, 3.8) is 0 Å². The number of hydrogen-bond acceptors (Lipinski definition) is 4. The van der Waals surface area contributed by atoms with Crippen LogP contribution in [0.3, 0.4) is 0 Å². The molecule has 2 rings (SSSR count). The molecule has 1 aromatic rings. The number of methoxy groups -OCH3 is 2. The van der Waals surface area contributed by atoms with Gasteiger partial charge in [-0.3, -0.25) is 9.59 Å². The van der Waals surface area contributed by atoms with E-state index in [1.54, 1.807) is 19.2 Å². The Kier molecular flexibility index (Phi) is 6.88. The van der Waals surface area contributed by atoms with E-state index in [-0.39, 0.29) is 17.3 Å². The Balaban J connectivity index is 2.46. The fourth-order valence-corrected chi connectivity index (χ4v) is 3.07. The predicted molar refractivity (Wildman–Crippen MR) is 98.7 cm³/mol. The van der Waals surface area contributed by atoms with Gasteiger partial charge in [0.2, 0.25) is 0 Å². The summed E-state index contributed by atoms with van der Waals surface area (Å²) in [6.07, 6.45) is 3.10. The molecular weight excluding hydrogens is 342 g/mol. The van der Waals surface area contributed by atoms with Crippen molar-refractivity contribution in [3.8, 4) is 11.5 Å². The van der Waals surface area contributed by atoms with Crippen LogP contribution in [0.4, 0.5) is 0 Å². The number of carbonyl (C=O) groups excluding carboxylic acids is 2. The van der Waals surface area contributed by atoms with Crippen LogP contribution in [0.5, 0.6) is 11.5 Å². The van der Waals surface area contributed by atoms with Gasteiger partial charge in [0.1, 0.15) is 0 Å². The second-order valence-electron chi connectivity index (χ2n) is 5.84. The zero-order valence-electron chi connectivity index (χ0n) is 14.9. The smallest absolute Gasteiger partial charge is 0.255 e. The van der Waals surface area contributed by atoms with Crippen LogP contribution in [0.15, 0.2) is 17.7 Å². The molecule has 0 aromatic heterocycles. The molecule has 0 saturated carbocycles. The maximum atomic E-state index is 12.9. The largest absolute Gasteiger partial charge is 0.493 e. The van der Waals surface area contributed by atoms with Crippen molar-refractivity contribution in [1.82, 2.24) is 5.32 Å². The molecule has 136 valence electrons. The van der Waals surface area contributed by atoms with Crippen LogP contribution < -0.4 is 14.8 Å². The molecule has 1 aliphatic carbocycles. The van der Waals surface area contributed by atoms with Crippen molar-refractivity contribution < 1.29 is 19.1 Å². The summed E-state index contributed by atoms with van der Waals surface area (Å²) in [5, 5.41) is 2.84. The quantitative estimate of drug-likeness (QED) is 0.412. The fourth-order valence-electron chi connectivity index (χ4n) is 2.93. The van der Waals surface area contributed by atoms with Crippen LogP contribution in [-0.4, -0.2) is 38.3 Å². The van der Waals surface area contributed by atoms with Gasteiger partial charge >= 0.3 is 0 Å². The Hall–Kier alpha value is -2.01. The number of allylic oxidation sites excluding steroid dienone is 1. The standard InChI is InChI=1S/C19H24ClNO4/c1-4-5-9-21-19(23)17-12(7-6-8-20)13-10-15(24-2)16(25-3)11-14(13)18(17)22/h10-11H,4-9H2,1-3H3,(H,21,23). The van der Waals surface area contributed by atoms with Gasteiger partial charge in [-0.2, -0.15) is 0 Å². The average molecular weight is 366 g/mol. The van der Waals surface area contributed by atoms with Crippen molar-refractivity contribution in [2.75, 3.05) is 26.6 Å². The van der Waals surface area contributed by atoms with Crippen molar-refractivity contribution in [3.05, 3.63) is 28.8 Å². The first-order chi connectivity index (χ1) is 12.1. The molecule has 5 nitrogen and oxygen atoms in total. The van der Waals surface area contributed by atoms with Gasteiger partial charge in [-0.05, 0) is 42.5 Å². The molecule has 1 amide bonds. The molecule has 0 saturated heterocycles. The lowest BCUT2D eigenvalue weighted by atomic mass is 10.00. The van der Waals surface area contributed by atoms with E-state index in [1.807, 2.05) is 6.92 Å². The predicted octanol–water partition coefficient (Wildman–Crippen LogP) is 3.59. The van der Waals surface area contributed by atoms with Crippen molar-refractivity contribution in [2.24, 2.45) is 0 Å². The Morgan fingerprint density at radius 2 is 1.76 bits per heavy atom. The highest BCUT2D eigenvalue weighted by Gasteiger charge is 2.34. The number of ether oxygens (including phenoxy) is 2. The first-order valence-electron chi connectivity index (χ1n) is 8.47. The number of carbonyl (C=O) groups is 2. The topological polar surface area (TPSA) is 64.6 Å². The summed E-state index contributed by atoms with van der Waals surface area (Å²) in [5.74, 6) is 0.876. The third-order valence-electron chi connectivity index (χ3n) is 4.23. The number of unbranched alkanes of at least 4 members (excludes halogenated alkanes) is 1. The third kappa shape index (κ3) is 3.98. The minimum absolute atomic E-state index is 0.214. The van der Waals surface area contributed by atoms with Crippen LogP contribution in [0.25, 0.3) is 5.57 Å². The summed E-state index contributed by atoms with van der Waals surface area (Å²) < 4.78 is 10.6. The molecule has 0 radical (unpaired) electrons. The molecule has 6 heteroatoms. The molecule has 0 atom stereocenters. The first-order valence-corrected chi connectivity index (χ1v) is 9.00. The summed E-state index contributed by atoms with van der Waals surface area (Å²) in [5.41, 5.74) is 2.15. The van der Waals surface area contributed by atoms with E-state index < -0.39 is 0 Å². The highest BCUT2D eigenvalue weighted by molar-refractivity contribution is 6.34. The molecule has 0 spiro atoms. The van der Waals surface area contributed by atoms with Crippen LogP contribution in [0.1, 0.15) is 48.5 Å². The normalized spacial score (nSPS) is 13.0. The Bertz CT molecular complexity index is 697. The summed E-state index contributed by atoms with van der Waals surface area (Å²) in [7, 11) is 3.06. The number of halogens is 1. The van der Waals surface area contributed by atoms with E-state index in [1.165, 1.54) is 7.11 Å². The number of rotatable bonds is 9. The van der Waals surface area contributed by atoms with Crippen LogP contribution in [0.2, 0.25) is 0 Å². The fraction of sp³-hybridized carbons (Fsp3) is 0.474. The summed E-state index contributed by atoms with van der Waals surface area (Å²) in [6, 6.07) is 3.41. The van der Waals surface area contributed by atoms with E-state index in [2.05, 4.69) is 5.32 Å². The monoisotopic (exact) mass is 365 g/mol. The second kappa shape index (κ2) is 8.90. The number of Topliss-reactive ketones (excluding diaryl/α,β-unsaturated/α-hetero) is 1. The summed E-state index contributed by atoms with van der Waals surface area (Å²) in [6.45, 7) is 2.60. The van der Waals surface area contributed by atoms with E-state index >= 15 is 0 Å². The van der Waals surface area contributed by atoms with Gasteiger partial charge in [0.05, 0.1) is 19.8 Å². The van der Waals surface area contributed by atoms with E-state index in [0.29, 0.717) is 42.3 Å². The highest BCUT2D eigenvalue weighted by Crippen LogP contribution is 2.42. The summed E-state index contributed by atoms with van der Waals surface area (Å²) >= 11 is 5.83. The molecule has 1 N–H and O–H groups in total. The maximum Gasteiger partial charge on any atom is 0.255 e. The first kappa shape index (κ1) is 19.3. The number of ketones is 1. The molecule has 0 heterocycles. The molecule has 0 fully saturated rings. The SMILES string of the molecule is CCCCNC(=O)C1=C(CCCCl)c2cc(OC)c(OC)cc2C1=O. The number of fused-ring (bicyclic) bond motifs is 1. The molecule has 1 aromatic carbocycles. The number of alkyl halides is 1. The van der Waals surface area contributed by atoms with Gasteiger partial charge in [0.15, 0.2) is 17.3 Å². The van der Waals surface area contributed by atoms with E-state index in [0.717, 1.165) is 24.0 Å². The number of hydrogen-bond donors (Lipinski definition) is 1. The number of benzene rings is 1. The van der Waals surface area contributed by atoms with Gasteiger partial charge in [-0.15, -0.1) is 11.6 Å². The lowest BCUT2D eigenvalue weighted by molar-refractivity contribution is -0.117. The molecule has 0 unspecified atom stereocenters. The summed E-state index contributed by atoms with van der Waals surface area (Å²) in [4.78, 5) is 25.5. The zero-order chi connectivity index (χ0) is 18.4. The molecular formula is C19H24ClNO4. The lowest BCUT2D eigenvalue weighted by Crippen LogP contribution is -2.28. The lowest BCUT2D eigenvalue weighted by Gasteiger charge is -2.11. The van der Waals surface area contributed by atoms with E-state index in [4.69, 9.17) is 21.1 Å².